The number of aryl methyl sites for hydroxylation is 1. The van der Waals surface area contributed by atoms with E-state index >= 15 is 0 Å². The van der Waals surface area contributed by atoms with Crippen molar-refractivity contribution in [3.8, 4) is 22.6 Å². The molecule has 0 spiro atoms. The molecule has 4 aromatic carbocycles. The van der Waals surface area contributed by atoms with Crippen molar-refractivity contribution in [2.45, 2.75) is 13.3 Å². The van der Waals surface area contributed by atoms with E-state index in [-0.39, 0.29) is 17.7 Å². The van der Waals surface area contributed by atoms with Gasteiger partial charge in [0.05, 0.1) is 0 Å². The van der Waals surface area contributed by atoms with Gasteiger partial charge in [0.15, 0.2) is 0 Å². The zero-order valence-corrected chi connectivity index (χ0v) is 21.2. The second kappa shape index (κ2) is 12.6. The van der Waals surface area contributed by atoms with Crippen LogP contribution in [0.2, 0.25) is 0 Å². The van der Waals surface area contributed by atoms with Crippen molar-refractivity contribution in [1.82, 2.24) is 0 Å². The molecule has 0 aromatic heterocycles. The molecule has 37 heavy (non-hydrogen) atoms. The van der Waals surface area contributed by atoms with Crippen molar-refractivity contribution in [2.24, 2.45) is 0 Å². The summed E-state index contributed by atoms with van der Waals surface area (Å²) in [6, 6.07) is 30.7. The Morgan fingerprint density at radius 1 is 0.730 bits per heavy atom. The Hall–Kier alpha value is -4.35. The van der Waals surface area contributed by atoms with Crippen LogP contribution >= 0.6 is 11.6 Å². The Balaban J connectivity index is 1.29. The van der Waals surface area contributed by atoms with E-state index in [1.54, 1.807) is 30.3 Å². The molecule has 0 aliphatic rings. The number of carbonyl (C=O) groups is 2. The number of rotatable bonds is 9. The number of amides is 2. The molecule has 0 fully saturated rings. The summed E-state index contributed by atoms with van der Waals surface area (Å²) in [5.74, 6) is 0.724. The molecule has 6 heteroatoms. The quantitative estimate of drug-likeness (QED) is 0.180. The minimum Gasteiger partial charge on any atom is -0.457 e. The van der Waals surface area contributed by atoms with E-state index in [0.29, 0.717) is 17.2 Å². The number of alkyl halides is 1. The van der Waals surface area contributed by atoms with Gasteiger partial charge in [-0.25, -0.2) is 0 Å². The molecular weight excluding hydrogens is 484 g/mol. The third-order valence-electron chi connectivity index (χ3n) is 5.65. The molecule has 0 heterocycles. The number of hydrogen-bond donors (Lipinski definition) is 2. The molecular formula is C31H27ClN2O3. The van der Waals surface area contributed by atoms with Crippen LogP contribution in [0.15, 0.2) is 103 Å². The van der Waals surface area contributed by atoms with Gasteiger partial charge < -0.3 is 15.4 Å². The lowest BCUT2D eigenvalue weighted by Gasteiger charge is -2.08. The number of carbonyl (C=O) groups excluding carboxylic acids is 2. The highest BCUT2D eigenvalue weighted by molar-refractivity contribution is 6.29. The third-order valence-corrected chi connectivity index (χ3v) is 5.89. The molecule has 2 N–H and O–H groups in total. The highest BCUT2D eigenvalue weighted by atomic mass is 35.5. The Labute approximate surface area is 221 Å². The maximum absolute atomic E-state index is 12.4. The van der Waals surface area contributed by atoms with E-state index in [1.165, 1.54) is 11.6 Å². The first-order chi connectivity index (χ1) is 18.0. The van der Waals surface area contributed by atoms with Crippen LogP contribution in [0.1, 0.15) is 18.1 Å². The number of hydrogen-bond acceptors (Lipinski definition) is 3. The van der Waals surface area contributed by atoms with Gasteiger partial charge >= 0.3 is 0 Å². The first kappa shape index (κ1) is 25.7. The molecule has 0 radical (unpaired) electrons. The number of nitrogens with one attached hydrogen (secondary N) is 2. The van der Waals surface area contributed by atoms with Crippen LogP contribution in [0.5, 0.6) is 11.5 Å². The van der Waals surface area contributed by atoms with Gasteiger partial charge in [0.25, 0.3) is 0 Å². The number of ether oxygens (including phenoxy) is 1. The smallest absolute Gasteiger partial charge is 0.248 e. The summed E-state index contributed by atoms with van der Waals surface area (Å²) < 4.78 is 5.84. The summed E-state index contributed by atoms with van der Waals surface area (Å²) in [6.45, 7) is 2.14. The fourth-order valence-electron chi connectivity index (χ4n) is 3.62. The van der Waals surface area contributed by atoms with E-state index in [9.17, 15) is 9.59 Å². The SMILES string of the molecule is CCc1ccc(-c2ccc(NC(=O)/C=C\c3ccc(Oc4ccc(NC(=O)CCl)cc4)cc3)cc2)cc1. The number of anilines is 2. The van der Waals surface area contributed by atoms with Crippen molar-refractivity contribution in [3.05, 3.63) is 114 Å². The summed E-state index contributed by atoms with van der Waals surface area (Å²) in [4.78, 5) is 23.7. The molecule has 0 aliphatic heterocycles. The van der Waals surface area contributed by atoms with Gasteiger partial charge in [-0.15, -0.1) is 11.6 Å². The van der Waals surface area contributed by atoms with Crippen LogP contribution < -0.4 is 15.4 Å². The van der Waals surface area contributed by atoms with Gasteiger partial charge in [-0.3, -0.25) is 9.59 Å². The predicted octanol–water partition coefficient (Wildman–Crippen LogP) is 7.54. The van der Waals surface area contributed by atoms with E-state index in [0.717, 1.165) is 28.8 Å². The molecule has 0 saturated carbocycles. The average Bonchev–Trinajstić information content (AvgIpc) is 2.94. The lowest BCUT2D eigenvalue weighted by atomic mass is 10.0. The van der Waals surface area contributed by atoms with Crippen molar-refractivity contribution in [1.29, 1.82) is 0 Å². The third kappa shape index (κ3) is 7.56. The average molecular weight is 511 g/mol. The number of benzene rings is 4. The zero-order chi connectivity index (χ0) is 26.0. The normalized spacial score (nSPS) is 10.8. The van der Waals surface area contributed by atoms with Crippen LogP contribution in [0.25, 0.3) is 17.2 Å². The second-order valence-corrected chi connectivity index (χ2v) is 8.59. The molecule has 4 aromatic rings. The molecule has 0 atom stereocenters. The molecule has 4 rings (SSSR count). The summed E-state index contributed by atoms with van der Waals surface area (Å²) in [6.07, 6.45) is 4.27. The van der Waals surface area contributed by atoms with Crippen molar-refractivity contribution < 1.29 is 14.3 Å². The van der Waals surface area contributed by atoms with Crippen molar-refractivity contribution >= 4 is 40.9 Å². The standard InChI is InChI=1S/C31H27ClN2O3/c1-2-22-3-8-24(9-4-22)25-10-12-26(13-11-25)33-30(35)20-7-23-5-16-28(17-6-23)37-29-18-14-27(15-19-29)34-31(36)21-32/h3-20H,2,21H2,1H3,(H,33,35)(H,34,36)/b20-7-. The van der Waals surface area contributed by atoms with E-state index < -0.39 is 0 Å². The monoisotopic (exact) mass is 510 g/mol. The Kier molecular flexibility index (Phi) is 8.74. The van der Waals surface area contributed by atoms with Crippen LogP contribution in [0.4, 0.5) is 11.4 Å². The van der Waals surface area contributed by atoms with Crippen LogP contribution in [-0.2, 0) is 16.0 Å². The molecule has 0 unspecified atom stereocenters. The van der Waals surface area contributed by atoms with Crippen molar-refractivity contribution in [3.63, 3.8) is 0 Å². The molecule has 5 nitrogen and oxygen atoms in total. The summed E-state index contributed by atoms with van der Waals surface area (Å²) in [5, 5.41) is 5.56. The van der Waals surface area contributed by atoms with E-state index in [1.807, 2.05) is 48.5 Å². The fourth-order valence-corrected chi connectivity index (χ4v) is 3.69. The summed E-state index contributed by atoms with van der Waals surface area (Å²) in [7, 11) is 0. The maximum Gasteiger partial charge on any atom is 0.248 e. The molecule has 186 valence electrons. The van der Waals surface area contributed by atoms with Gasteiger partial charge in [-0.05, 0) is 83.3 Å². The molecule has 0 saturated heterocycles. The molecule has 2 amide bonds. The Morgan fingerprint density at radius 2 is 1.24 bits per heavy atom. The highest BCUT2D eigenvalue weighted by Crippen LogP contribution is 2.24. The van der Waals surface area contributed by atoms with Gasteiger partial charge in [0.2, 0.25) is 11.8 Å². The van der Waals surface area contributed by atoms with Crippen LogP contribution in [0, 0.1) is 0 Å². The van der Waals surface area contributed by atoms with E-state index in [2.05, 4.69) is 41.8 Å². The van der Waals surface area contributed by atoms with Crippen molar-refractivity contribution in [2.75, 3.05) is 16.5 Å². The van der Waals surface area contributed by atoms with Gasteiger partial charge in [-0.2, -0.15) is 0 Å². The number of halogens is 1. The molecule has 0 bridgehead atoms. The zero-order valence-electron chi connectivity index (χ0n) is 20.4. The predicted molar refractivity (Wildman–Crippen MR) is 151 cm³/mol. The topological polar surface area (TPSA) is 67.4 Å². The lowest BCUT2D eigenvalue weighted by molar-refractivity contribution is -0.114. The second-order valence-electron chi connectivity index (χ2n) is 8.33. The van der Waals surface area contributed by atoms with Crippen LogP contribution in [0.3, 0.4) is 0 Å². The highest BCUT2D eigenvalue weighted by Gasteiger charge is 2.03. The van der Waals surface area contributed by atoms with Gasteiger partial charge in [0, 0.05) is 17.5 Å². The fraction of sp³-hybridized carbons (Fsp3) is 0.0968. The van der Waals surface area contributed by atoms with Crippen LogP contribution in [-0.4, -0.2) is 17.7 Å². The van der Waals surface area contributed by atoms with Gasteiger partial charge in [-0.1, -0.05) is 55.5 Å². The summed E-state index contributed by atoms with van der Waals surface area (Å²) >= 11 is 5.50. The van der Waals surface area contributed by atoms with Gasteiger partial charge in [0.1, 0.15) is 17.4 Å². The summed E-state index contributed by atoms with van der Waals surface area (Å²) in [5.41, 5.74) is 5.81. The first-order valence-electron chi connectivity index (χ1n) is 11.9. The van der Waals surface area contributed by atoms with E-state index in [4.69, 9.17) is 16.3 Å². The minimum atomic E-state index is -0.265. The molecule has 0 aliphatic carbocycles. The first-order valence-corrected chi connectivity index (χ1v) is 12.5. The Bertz CT molecular complexity index is 1360. The maximum atomic E-state index is 12.4. The Morgan fingerprint density at radius 3 is 1.81 bits per heavy atom. The lowest BCUT2D eigenvalue weighted by Crippen LogP contribution is -2.12. The minimum absolute atomic E-state index is 0.0948. The largest absolute Gasteiger partial charge is 0.457 e.